The summed E-state index contributed by atoms with van der Waals surface area (Å²) >= 11 is 1.53. The second-order valence-electron chi connectivity index (χ2n) is 5.89. The zero-order valence-corrected chi connectivity index (χ0v) is 14.5. The SMILES string of the molecule is CC(=O)N[C@@H](CC(=O)N1CCC[C@H]1c1noc(C)n1)c1cccs1. The van der Waals surface area contributed by atoms with Crippen LogP contribution in [-0.2, 0) is 9.59 Å². The standard InChI is InChI=1S/C16H20N4O3S/c1-10(21)17-12(14-6-4-8-24-14)9-15(22)20-7-3-5-13(20)16-18-11(2)23-19-16/h4,6,8,12-13H,3,5,7,9H2,1-2H3,(H,17,21)/t12-,13-/m0/s1. The highest BCUT2D eigenvalue weighted by atomic mass is 32.1. The maximum absolute atomic E-state index is 12.8. The van der Waals surface area contributed by atoms with Crippen LogP contribution in [0.2, 0.25) is 0 Å². The second kappa shape index (κ2) is 7.12. The Morgan fingerprint density at radius 1 is 1.54 bits per heavy atom. The molecule has 2 atom stereocenters. The van der Waals surface area contributed by atoms with Crippen molar-refractivity contribution in [2.24, 2.45) is 0 Å². The molecule has 1 N–H and O–H groups in total. The Morgan fingerprint density at radius 3 is 3.00 bits per heavy atom. The van der Waals surface area contributed by atoms with Crippen molar-refractivity contribution in [3.05, 3.63) is 34.1 Å². The minimum absolute atomic E-state index is 0.00731. The summed E-state index contributed by atoms with van der Waals surface area (Å²) in [5, 5.41) is 8.77. The number of aromatic nitrogens is 2. The molecule has 0 aliphatic carbocycles. The smallest absolute Gasteiger partial charge is 0.225 e. The molecule has 0 aromatic carbocycles. The van der Waals surface area contributed by atoms with Gasteiger partial charge in [0.15, 0.2) is 5.82 Å². The lowest BCUT2D eigenvalue weighted by atomic mass is 10.1. The number of hydrogen-bond acceptors (Lipinski definition) is 6. The lowest BCUT2D eigenvalue weighted by molar-refractivity contribution is -0.133. The van der Waals surface area contributed by atoms with Gasteiger partial charge < -0.3 is 14.7 Å². The molecule has 3 rings (SSSR count). The Hall–Kier alpha value is -2.22. The van der Waals surface area contributed by atoms with E-state index in [4.69, 9.17) is 4.52 Å². The molecule has 8 heteroatoms. The molecule has 128 valence electrons. The van der Waals surface area contributed by atoms with Crippen molar-refractivity contribution >= 4 is 23.2 Å². The van der Waals surface area contributed by atoms with Crippen LogP contribution in [0.15, 0.2) is 22.0 Å². The number of carbonyl (C=O) groups is 2. The second-order valence-corrected chi connectivity index (χ2v) is 6.87. The van der Waals surface area contributed by atoms with Gasteiger partial charge in [-0.3, -0.25) is 9.59 Å². The number of thiophene rings is 1. The molecule has 2 aromatic heterocycles. The first-order valence-electron chi connectivity index (χ1n) is 7.95. The van der Waals surface area contributed by atoms with Crippen molar-refractivity contribution in [3.8, 4) is 0 Å². The zero-order valence-electron chi connectivity index (χ0n) is 13.7. The summed E-state index contributed by atoms with van der Waals surface area (Å²) in [6, 6.07) is 3.40. The Bertz CT molecular complexity index is 713. The third-order valence-electron chi connectivity index (χ3n) is 4.06. The fourth-order valence-electron chi connectivity index (χ4n) is 3.03. The fraction of sp³-hybridized carbons (Fsp3) is 0.500. The van der Waals surface area contributed by atoms with Crippen molar-refractivity contribution < 1.29 is 14.1 Å². The summed E-state index contributed by atoms with van der Waals surface area (Å²) in [7, 11) is 0. The number of nitrogens with one attached hydrogen (secondary N) is 1. The molecule has 0 bridgehead atoms. The number of likely N-dealkylation sites (tertiary alicyclic amines) is 1. The van der Waals surface area contributed by atoms with Crippen LogP contribution in [-0.4, -0.2) is 33.4 Å². The van der Waals surface area contributed by atoms with E-state index in [1.165, 1.54) is 18.3 Å². The van der Waals surface area contributed by atoms with E-state index in [1.807, 2.05) is 17.5 Å². The van der Waals surface area contributed by atoms with Gasteiger partial charge in [-0.25, -0.2) is 0 Å². The molecule has 1 fully saturated rings. The van der Waals surface area contributed by atoms with Crippen LogP contribution in [0.5, 0.6) is 0 Å². The molecule has 24 heavy (non-hydrogen) atoms. The first-order valence-corrected chi connectivity index (χ1v) is 8.82. The zero-order chi connectivity index (χ0) is 17.1. The van der Waals surface area contributed by atoms with E-state index in [1.54, 1.807) is 11.8 Å². The van der Waals surface area contributed by atoms with Gasteiger partial charge in [0, 0.05) is 25.3 Å². The van der Waals surface area contributed by atoms with Crippen LogP contribution >= 0.6 is 11.3 Å². The summed E-state index contributed by atoms with van der Waals surface area (Å²) in [4.78, 5) is 31.3. The van der Waals surface area contributed by atoms with Gasteiger partial charge in [0.25, 0.3) is 0 Å². The minimum Gasteiger partial charge on any atom is -0.348 e. The topological polar surface area (TPSA) is 88.3 Å². The summed E-state index contributed by atoms with van der Waals surface area (Å²) in [5.74, 6) is 0.907. The van der Waals surface area contributed by atoms with Crippen LogP contribution in [0.4, 0.5) is 0 Å². The Morgan fingerprint density at radius 2 is 2.38 bits per heavy atom. The predicted octanol–water partition coefficient (Wildman–Crippen LogP) is 2.37. The van der Waals surface area contributed by atoms with Gasteiger partial charge in [0.1, 0.15) is 0 Å². The maximum Gasteiger partial charge on any atom is 0.225 e. The van der Waals surface area contributed by atoms with Crippen molar-refractivity contribution in [2.45, 2.75) is 45.2 Å². The summed E-state index contributed by atoms with van der Waals surface area (Å²) in [5.41, 5.74) is 0. The summed E-state index contributed by atoms with van der Waals surface area (Å²) in [6.07, 6.45) is 1.97. The molecule has 2 amide bonds. The van der Waals surface area contributed by atoms with Crippen LogP contribution < -0.4 is 5.32 Å². The molecule has 0 saturated carbocycles. The number of aryl methyl sites for hydroxylation is 1. The van der Waals surface area contributed by atoms with E-state index in [9.17, 15) is 9.59 Å². The summed E-state index contributed by atoms with van der Waals surface area (Å²) in [6.45, 7) is 3.88. The molecule has 1 saturated heterocycles. The highest BCUT2D eigenvalue weighted by Crippen LogP contribution is 2.32. The molecule has 2 aromatic rings. The van der Waals surface area contributed by atoms with E-state index >= 15 is 0 Å². The van der Waals surface area contributed by atoms with Crippen LogP contribution in [0.1, 0.15) is 54.9 Å². The van der Waals surface area contributed by atoms with E-state index < -0.39 is 0 Å². The average Bonchev–Trinajstić information content (AvgIpc) is 3.27. The fourth-order valence-corrected chi connectivity index (χ4v) is 3.81. The molecule has 0 spiro atoms. The first kappa shape index (κ1) is 16.6. The van der Waals surface area contributed by atoms with Crippen molar-refractivity contribution in [1.29, 1.82) is 0 Å². The Labute approximate surface area is 144 Å². The summed E-state index contributed by atoms with van der Waals surface area (Å²) < 4.78 is 5.04. The van der Waals surface area contributed by atoms with Crippen LogP contribution in [0.25, 0.3) is 0 Å². The van der Waals surface area contributed by atoms with Crippen molar-refractivity contribution in [2.75, 3.05) is 6.54 Å². The third-order valence-corrected chi connectivity index (χ3v) is 5.04. The number of carbonyl (C=O) groups excluding carboxylic acids is 2. The van der Waals surface area contributed by atoms with Gasteiger partial charge in [0.05, 0.1) is 18.5 Å². The van der Waals surface area contributed by atoms with Gasteiger partial charge in [-0.15, -0.1) is 11.3 Å². The van der Waals surface area contributed by atoms with E-state index in [2.05, 4.69) is 15.5 Å². The highest BCUT2D eigenvalue weighted by Gasteiger charge is 2.34. The van der Waals surface area contributed by atoms with Gasteiger partial charge in [-0.2, -0.15) is 4.98 Å². The molecular formula is C16H20N4O3S. The Kier molecular flexibility index (Phi) is 4.94. The van der Waals surface area contributed by atoms with Gasteiger partial charge in [-0.05, 0) is 24.3 Å². The van der Waals surface area contributed by atoms with Crippen LogP contribution in [0, 0.1) is 6.92 Å². The first-order chi connectivity index (χ1) is 11.5. The van der Waals surface area contributed by atoms with E-state index in [0.717, 1.165) is 17.7 Å². The molecular weight excluding hydrogens is 328 g/mol. The lowest BCUT2D eigenvalue weighted by Gasteiger charge is -2.25. The largest absolute Gasteiger partial charge is 0.348 e. The number of rotatable bonds is 5. The van der Waals surface area contributed by atoms with E-state index in [0.29, 0.717) is 18.3 Å². The third kappa shape index (κ3) is 3.64. The quantitative estimate of drug-likeness (QED) is 0.896. The molecule has 7 nitrogen and oxygen atoms in total. The minimum atomic E-state index is -0.303. The van der Waals surface area contributed by atoms with Crippen molar-refractivity contribution in [1.82, 2.24) is 20.4 Å². The van der Waals surface area contributed by atoms with E-state index in [-0.39, 0.29) is 30.3 Å². The lowest BCUT2D eigenvalue weighted by Crippen LogP contribution is -2.35. The number of amides is 2. The molecule has 1 aliphatic heterocycles. The van der Waals surface area contributed by atoms with Crippen LogP contribution in [0.3, 0.4) is 0 Å². The predicted molar refractivity (Wildman–Crippen MR) is 88.2 cm³/mol. The van der Waals surface area contributed by atoms with Gasteiger partial charge in [0.2, 0.25) is 17.7 Å². The average molecular weight is 348 g/mol. The Balaban J connectivity index is 1.73. The monoisotopic (exact) mass is 348 g/mol. The van der Waals surface area contributed by atoms with Gasteiger partial charge >= 0.3 is 0 Å². The molecule has 3 heterocycles. The maximum atomic E-state index is 12.8. The molecule has 1 aliphatic rings. The van der Waals surface area contributed by atoms with Gasteiger partial charge in [-0.1, -0.05) is 11.2 Å². The van der Waals surface area contributed by atoms with Crippen molar-refractivity contribution in [3.63, 3.8) is 0 Å². The normalized spacial score (nSPS) is 18.6. The molecule has 0 radical (unpaired) electrons. The highest BCUT2D eigenvalue weighted by molar-refractivity contribution is 7.10. The number of hydrogen-bond donors (Lipinski definition) is 1. The number of nitrogens with zero attached hydrogens (tertiary/aromatic N) is 3. The molecule has 0 unspecified atom stereocenters.